The number of rotatable bonds is 6. The van der Waals surface area contributed by atoms with Crippen molar-refractivity contribution in [2.24, 2.45) is 11.3 Å². The number of benzene rings is 2. The molecule has 12 heteroatoms. The third kappa shape index (κ3) is 5.93. The number of carbonyl (C=O) groups is 2. The van der Waals surface area contributed by atoms with Crippen molar-refractivity contribution in [2.75, 3.05) is 36.9 Å². The van der Waals surface area contributed by atoms with E-state index in [9.17, 15) is 41.2 Å². The molecule has 2 atom stereocenters. The van der Waals surface area contributed by atoms with Crippen LogP contribution in [-0.4, -0.2) is 49.6 Å². The van der Waals surface area contributed by atoms with Crippen LogP contribution in [0.4, 0.5) is 37.7 Å². The monoisotopic (exact) mass is 540 g/mol. The molecule has 0 radical (unpaired) electrons. The largest absolute Gasteiger partial charge is 0.416 e. The van der Waals surface area contributed by atoms with Gasteiger partial charge in [0.2, 0.25) is 11.8 Å². The number of para-hydroxylation sites is 1. The van der Waals surface area contributed by atoms with Gasteiger partial charge < -0.3 is 10.2 Å². The van der Waals surface area contributed by atoms with Crippen molar-refractivity contribution in [2.45, 2.75) is 33.1 Å². The lowest BCUT2D eigenvalue weighted by Crippen LogP contribution is -2.51. The summed E-state index contributed by atoms with van der Waals surface area (Å²) in [5.41, 5.74) is -1.72. The summed E-state index contributed by atoms with van der Waals surface area (Å²) >= 11 is 0. The Morgan fingerprint density at radius 1 is 1.16 bits per heavy atom. The van der Waals surface area contributed by atoms with Crippen LogP contribution in [0.3, 0.4) is 0 Å². The fourth-order valence-electron chi connectivity index (χ4n) is 4.94. The maximum absolute atomic E-state index is 13.7. The van der Waals surface area contributed by atoms with Gasteiger partial charge in [-0.3, -0.25) is 14.5 Å². The molecule has 1 heterocycles. The van der Waals surface area contributed by atoms with Crippen LogP contribution in [-0.2, 0) is 15.8 Å². The standard InChI is InChI=1S/C26H26F6N4O2/c1-15-6-5-7-16(2)21(15)36-13-24(17(3)22(36)37,12-35(4)14-25(27,28)29)23(38)34-20-9-18(11-33)8-19(10-20)26(30,31)32/h5-10,17H,12-14H2,1-4H3,(H,34,38)/t17-,24-/m1/s1. The molecule has 204 valence electrons. The van der Waals surface area contributed by atoms with E-state index in [1.165, 1.54) is 11.8 Å². The Kier molecular flexibility index (Phi) is 7.84. The van der Waals surface area contributed by atoms with Gasteiger partial charge in [0.25, 0.3) is 0 Å². The van der Waals surface area contributed by atoms with E-state index in [2.05, 4.69) is 5.32 Å². The SMILES string of the molecule is Cc1cccc(C)c1N1C[C@@](CN(C)CC(F)(F)F)(C(=O)Nc2cc(C#N)cc(C(F)(F)F)c2)[C@H](C)C1=O. The molecule has 0 saturated carbocycles. The Balaban J connectivity index is 2.08. The molecule has 0 aliphatic carbocycles. The third-order valence-electron chi connectivity index (χ3n) is 6.72. The minimum atomic E-state index is -4.81. The fourth-order valence-corrected chi connectivity index (χ4v) is 4.94. The number of nitrogens with zero attached hydrogens (tertiary/aromatic N) is 3. The highest BCUT2D eigenvalue weighted by Gasteiger charge is 2.56. The summed E-state index contributed by atoms with van der Waals surface area (Å²) in [6.45, 7) is 2.76. The van der Waals surface area contributed by atoms with Gasteiger partial charge in [-0.05, 0) is 50.2 Å². The molecule has 6 nitrogen and oxygen atoms in total. The van der Waals surface area contributed by atoms with E-state index in [0.717, 1.165) is 18.0 Å². The quantitative estimate of drug-likeness (QED) is 0.505. The number of hydrogen-bond donors (Lipinski definition) is 1. The van der Waals surface area contributed by atoms with Crippen LogP contribution in [0.1, 0.15) is 29.2 Å². The van der Waals surface area contributed by atoms with E-state index in [1.807, 2.05) is 0 Å². The van der Waals surface area contributed by atoms with Crippen molar-refractivity contribution in [3.05, 3.63) is 58.7 Å². The van der Waals surface area contributed by atoms with Gasteiger partial charge in [-0.25, -0.2) is 0 Å². The smallest absolute Gasteiger partial charge is 0.325 e. The van der Waals surface area contributed by atoms with Crippen LogP contribution in [0.2, 0.25) is 0 Å². The van der Waals surface area contributed by atoms with Crippen molar-refractivity contribution in [1.82, 2.24) is 4.90 Å². The summed E-state index contributed by atoms with van der Waals surface area (Å²) in [6.07, 6.45) is -9.40. The average molecular weight is 541 g/mol. The predicted molar refractivity (Wildman–Crippen MR) is 128 cm³/mol. The van der Waals surface area contributed by atoms with E-state index >= 15 is 0 Å². The summed E-state index contributed by atoms with van der Waals surface area (Å²) in [5.74, 6) is -2.54. The van der Waals surface area contributed by atoms with Gasteiger partial charge in [0.05, 0.1) is 35.1 Å². The van der Waals surface area contributed by atoms with Crippen LogP contribution in [0.15, 0.2) is 36.4 Å². The second-order valence-electron chi connectivity index (χ2n) is 9.69. The number of halogens is 6. The zero-order valence-electron chi connectivity index (χ0n) is 21.1. The molecule has 1 aliphatic rings. The van der Waals surface area contributed by atoms with Crippen LogP contribution >= 0.6 is 0 Å². The molecule has 2 amide bonds. The topological polar surface area (TPSA) is 76.4 Å². The normalized spacial score (nSPS) is 20.1. The third-order valence-corrected chi connectivity index (χ3v) is 6.72. The maximum atomic E-state index is 13.7. The molecule has 2 aromatic rings. The average Bonchev–Trinajstić information content (AvgIpc) is 3.02. The molecule has 1 fully saturated rings. The second kappa shape index (κ2) is 10.3. The van der Waals surface area contributed by atoms with E-state index in [4.69, 9.17) is 0 Å². The lowest BCUT2D eigenvalue weighted by molar-refractivity contribution is -0.150. The van der Waals surface area contributed by atoms with Gasteiger partial charge in [-0.2, -0.15) is 31.6 Å². The lowest BCUT2D eigenvalue weighted by Gasteiger charge is -2.35. The van der Waals surface area contributed by atoms with E-state index < -0.39 is 54.2 Å². The molecule has 0 unspecified atom stereocenters. The van der Waals surface area contributed by atoms with Gasteiger partial charge in [-0.1, -0.05) is 25.1 Å². The predicted octanol–water partition coefficient (Wildman–Crippen LogP) is 5.30. The molecule has 1 aliphatic heterocycles. The Morgan fingerprint density at radius 2 is 1.76 bits per heavy atom. The number of carbonyl (C=O) groups excluding carboxylic acids is 2. The molecule has 0 spiro atoms. The highest BCUT2D eigenvalue weighted by atomic mass is 19.4. The number of nitriles is 1. The highest BCUT2D eigenvalue weighted by molar-refractivity contribution is 6.08. The molecule has 38 heavy (non-hydrogen) atoms. The van der Waals surface area contributed by atoms with Crippen molar-refractivity contribution < 1.29 is 35.9 Å². The minimum absolute atomic E-state index is 0.295. The highest BCUT2D eigenvalue weighted by Crippen LogP contribution is 2.43. The summed E-state index contributed by atoms with van der Waals surface area (Å²) in [5, 5.41) is 11.5. The number of hydrogen-bond acceptors (Lipinski definition) is 4. The van der Waals surface area contributed by atoms with Crippen molar-refractivity contribution >= 4 is 23.2 Å². The first-order valence-corrected chi connectivity index (χ1v) is 11.6. The first-order valence-electron chi connectivity index (χ1n) is 11.6. The summed E-state index contributed by atoms with van der Waals surface area (Å²) in [6, 6.07) is 9.16. The van der Waals surface area contributed by atoms with Crippen molar-refractivity contribution in [3.8, 4) is 6.07 Å². The second-order valence-corrected chi connectivity index (χ2v) is 9.69. The number of nitrogens with one attached hydrogen (secondary N) is 1. The Hall–Kier alpha value is -3.59. The lowest BCUT2D eigenvalue weighted by atomic mass is 9.77. The number of amides is 2. The van der Waals surface area contributed by atoms with Crippen LogP contribution < -0.4 is 10.2 Å². The van der Waals surface area contributed by atoms with Gasteiger partial charge >= 0.3 is 12.4 Å². The molecule has 0 aromatic heterocycles. The maximum Gasteiger partial charge on any atom is 0.416 e. The molecular weight excluding hydrogens is 514 g/mol. The van der Waals surface area contributed by atoms with Gasteiger partial charge in [0, 0.05) is 24.5 Å². The van der Waals surface area contributed by atoms with E-state index in [0.29, 0.717) is 28.9 Å². The zero-order valence-corrected chi connectivity index (χ0v) is 21.1. The minimum Gasteiger partial charge on any atom is -0.325 e. The Morgan fingerprint density at radius 3 is 2.29 bits per heavy atom. The summed E-state index contributed by atoms with van der Waals surface area (Å²) < 4.78 is 79.6. The first-order chi connectivity index (χ1) is 17.5. The first kappa shape index (κ1) is 29.0. The molecule has 3 rings (SSSR count). The van der Waals surface area contributed by atoms with Crippen molar-refractivity contribution in [3.63, 3.8) is 0 Å². The van der Waals surface area contributed by atoms with E-state index in [-0.39, 0.29) is 17.8 Å². The molecule has 1 N–H and O–H groups in total. The van der Waals surface area contributed by atoms with Crippen molar-refractivity contribution in [1.29, 1.82) is 5.26 Å². The molecule has 2 aromatic carbocycles. The van der Waals surface area contributed by atoms with Gasteiger partial charge in [-0.15, -0.1) is 0 Å². The zero-order chi connectivity index (χ0) is 28.6. The number of alkyl halides is 6. The van der Waals surface area contributed by atoms with Crippen LogP contribution in [0.5, 0.6) is 0 Å². The van der Waals surface area contributed by atoms with Crippen LogP contribution in [0.25, 0.3) is 0 Å². The number of aryl methyl sites for hydroxylation is 2. The fraction of sp³-hybridized carbons (Fsp3) is 0.423. The number of anilines is 2. The molecule has 1 saturated heterocycles. The Labute approximate surface area is 215 Å². The van der Waals surface area contributed by atoms with Crippen LogP contribution in [0, 0.1) is 36.5 Å². The molecule has 0 bridgehead atoms. The summed E-state index contributed by atoms with van der Waals surface area (Å²) in [4.78, 5) is 29.4. The molecular formula is C26H26F6N4O2. The van der Waals surface area contributed by atoms with Gasteiger partial charge in [0.15, 0.2) is 0 Å². The van der Waals surface area contributed by atoms with E-state index in [1.54, 1.807) is 38.1 Å². The summed E-state index contributed by atoms with van der Waals surface area (Å²) in [7, 11) is 1.15. The Bertz CT molecular complexity index is 1260. The van der Waals surface area contributed by atoms with Gasteiger partial charge in [0.1, 0.15) is 0 Å².